The van der Waals surface area contributed by atoms with Crippen LogP contribution in [0.3, 0.4) is 0 Å². The van der Waals surface area contributed by atoms with Gasteiger partial charge in [0.1, 0.15) is 0 Å². The van der Waals surface area contributed by atoms with Crippen molar-refractivity contribution in [1.29, 1.82) is 0 Å². The fraction of sp³-hybridized carbons (Fsp3) is 0.412. The molecule has 5 nitrogen and oxygen atoms in total. The maximum absolute atomic E-state index is 12.2. The van der Waals surface area contributed by atoms with Crippen molar-refractivity contribution in [2.75, 3.05) is 6.54 Å². The number of thiazole rings is 1. The molecule has 0 radical (unpaired) electrons. The summed E-state index contributed by atoms with van der Waals surface area (Å²) in [4.78, 5) is 17.6. The van der Waals surface area contributed by atoms with Crippen LogP contribution in [-0.2, 0) is 4.79 Å². The molecule has 3 N–H and O–H groups in total. The molecule has 1 aromatic heterocycles. The lowest BCUT2D eigenvalue weighted by Gasteiger charge is -2.18. The number of aliphatic hydroxyl groups is 1. The highest BCUT2D eigenvalue weighted by molar-refractivity contribution is 7.13. The molecule has 3 atom stereocenters. The standard InChI is InChI=1S/C17H21N3O2S/c1-10(20-17(22)15-7-14(21)8-18-15)12-3-5-13(6-4-12)16-11(2)19-9-23-16/h3-6,9-10,14-15,18,21H,7-8H2,1-2H3,(H,20,22)/t10-,14?,15?/m1/s1. The Morgan fingerprint density at radius 2 is 2.17 bits per heavy atom. The van der Waals surface area contributed by atoms with Gasteiger partial charge in [-0.15, -0.1) is 11.3 Å². The van der Waals surface area contributed by atoms with E-state index >= 15 is 0 Å². The van der Waals surface area contributed by atoms with Crippen LogP contribution in [0.5, 0.6) is 0 Å². The van der Waals surface area contributed by atoms with Crippen LogP contribution >= 0.6 is 11.3 Å². The monoisotopic (exact) mass is 331 g/mol. The number of aliphatic hydroxyl groups excluding tert-OH is 1. The Balaban J connectivity index is 1.65. The average Bonchev–Trinajstić information content (AvgIpc) is 3.16. The van der Waals surface area contributed by atoms with Gasteiger partial charge in [-0.2, -0.15) is 0 Å². The predicted octanol–water partition coefficient (Wildman–Crippen LogP) is 2.02. The van der Waals surface area contributed by atoms with Crippen LogP contribution in [0.2, 0.25) is 0 Å². The Morgan fingerprint density at radius 3 is 2.74 bits per heavy atom. The molecule has 3 rings (SSSR count). The van der Waals surface area contributed by atoms with Crippen LogP contribution in [-0.4, -0.2) is 34.7 Å². The third kappa shape index (κ3) is 3.60. The van der Waals surface area contributed by atoms with Crippen molar-refractivity contribution in [2.24, 2.45) is 0 Å². The van der Waals surface area contributed by atoms with E-state index < -0.39 is 6.10 Å². The number of rotatable bonds is 4. The van der Waals surface area contributed by atoms with E-state index in [2.05, 4.69) is 27.8 Å². The Hall–Kier alpha value is -1.76. The summed E-state index contributed by atoms with van der Waals surface area (Å²) in [6, 6.07) is 7.84. The molecule has 1 aromatic carbocycles. The molecule has 1 aliphatic heterocycles. The lowest BCUT2D eigenvalue weighted by Crippen LogP contribution is -2.41. The van der Waals surface area contributed by atoms with Crippen molar-refractivity contribution in [3.63, 3.8) is 0 Å². The molecule has 0 saturated carbocycles. The first-order chi connectivity index (χ1) is 11.0. The first kappa shape index (κ1) is 16.1. The molecule has 2 aromatic rings. The SMILES string of the molecule is Cc1ncsc1-c1ccc([C@@H](C)NC(=O)C2CC(O)CN2)cc1. The van der Waals surface area contributed by atoms with Crippen molar-refractivity contribution >= 4 is 17.2 Å². The summed E-state index contributed by atoms with van der Waals surface area (Å²) in [6.45, 7) is 4.46. The maximum atomic E-state index is 12.2. The van der Waals surface area contributed by atoms with Gasteiger partial charge in [0, 0.05) is 6.54 Å². The summed E-state index contributed by atoms with van der Waals surface area (Å²) in [6.07, 6.45) is 0.0466. The topological polar surface area (TPSA) is 74.2 Å². The fourth-order valence-corrected chi connectivity index (χ4v) is 3.63. The molecule has 1 fully saturated rings. The lowest BCUT2D eigenvalue weighted by atomic mass is 10.0. The van der Waals surface area contributed by atoms with E-state index in [1.807, 2.05) is 31.5 Å². The number of β-amino-alcohol motifs (C(OH)–C–C–N with tert-alkyl or cyclic N) is 1. The van der Waals surface area contributed by atoms with Gasteiger partial charge < -0.3 is 15.7 Å². The third-order valence-electron chi connectivity index (χ3n) is 4.20. The van der Waals surface area contributed by atoms with Crippen LogP contribution in [0.15, 0.2) is 29.8 Å². The van der Waals surface area contributed by atoms with E-state index in [9.17, 15) is 9.90 Å². The Kier molecular flexibility index (Phi) is 4.75. The highest BCUT2D eigenvalue weighted by Crippen LogP contribution is 2.28. The minimum atomic E-state index is -0.428. The smallest absolute Gasteiger partial charge is 0.237 e. The second kappa shape index (κ2) is 6.78. The molecule has 1 saturated heterocycles. The number of hydrogen-bond donors (Lipinski definition) is 3. The zero-order valence-electron chi connectivity index (χ0n) is 13.2. The normalized spacial score (nSPS) is 22.0. The molecule has 1 amide bonds. The van der Waals surface area contributed by atoms with Gasteiger partial charge in [-0.3, -0.25) is 4.79 Å². The molecule has 23 heavy (non-hydrogen) atoms. The Bertz CT molecular complexity index is 683. The summed E-state index contributed by atoms with van der Waals surface area (Å²) < 4.78 is 0. The Morgan fingerprint density at radius 1 is 1.43 bits per heavy atom. The molecular formula is C17H21N3O2S. The van der Waals surface area contributed by atoms with Crippen LogP contribution < -0.4 is 10.6 Å². The number of nitrogens with one attached hydrogen (secondary N) is 2. The summed E-state index contributed by atoms with van der Waals surface area (Å²) in [5, 5.41) is 15.5. The highest BCUT2D eigenvalue weighted by Gasteiger charge is 2.28. The zero-order valence-corrected chi connectivity index (χ0v) is 14.1. The number of amides is 1. The molecule has 0 spiro atoms. The minimum absolute atomic E-state index is 0.0589. The average molecular weight is 331 g/mol. The van der Waals surface area contributed by atoms with E-state index in [0.717, 1.165) is 16.8 Å². The van der Waals surface area contributed by atoms with Crippen LogP contribution in [0.4, 0.5) is 0 Å². The highest BCUT2D eigenvalue weighted by atomic mass is 32.1. The number of carbonyl (C=O) groups excluding carboxylic acids is 1. The van der Waals surface area contributed by atoms with Gasteiger partial charge in [-0.05, 0) is 31.4 Å². The Labute approximate surface area is 139 Å². The second-order valence-electron chi connectivity index (χ2n) is 5.97. The largest absolute Gasteiger partial charge is 0.392 e. The van der Waals surface area contributed by atoms with Crippen molar-refractivity contribution in [3.05, 3.63) is 41.0 Å². The van der Waals surface area contributed by atoms with Crippen molar-refractivity contribution in [2.45, 2.75) is 38.5 Å². The third-order valence-corrected chi connectivity index (χ3v) is 5.18. The lowest BCUT2D eigenvalue weighted by molar-refractivity contribution is -0.123. The van der Waals surface area contributed by atoms with Gasteiger partial charge >= 0.3 is 0 Å². The molecular weight excluding hydrogens is 310 g/mol. The first-order valence-corrected chi connectivity index (χ1v) is 8.65. The molecule has 2 unspecified atom stereocenters. The number of nitrogens with zero attached hydrogens (tertiary/aromatic N) is 1. The van der Waals surface area contributed by atoms with E-state index in [0.29, 0.717) is 13.0 Å². The summed E-state index contributed by atoms with van der Waals surface area (Å²) >= 11 is 1.63. The van der Waals surface area contributed by atoms with E-state index in [-0.39, 0.29) is 18.0 Å². The van der Waals surface area contributed by atoms with Gasteiger partial charge in [0.15, 0.2) is 0 Å². The molecule has 0 aliphatic carbocycles. The number of aromatic nitrogens is 1. The number of benzene rings is 1. The minimum Gasteiger partial charge on any atom is -0.392 e. The van der Waals surface area contributed by atoms with E-state index in [4.69, 9.17) is 0 Å². The first-order valence-electron chi connectivity index (χ1n) is 7.77. The van der Waals surface area contributed by atoms with Crippen LogP contribution in [0.25, 0.3) is 10.4 Å². The molecule has 0 bridgehead atoms. The van der Waals surface area contributed by atoms with Crippen LogP contribution in [0.1, 0.15) is 30.6 Å². The van der Waals surface area contributed by atoms with Gasteiger partial charge in [-0.1, -0.05) is 24.3 Å². The molecule has 6 heteroatoms. The number of aryl methyl sites for hydroxylation is 1. The fourth-order valence-electron chi connectivity index (χ4n) is 2.82. The van der Waals surface area contributed by atoms with Crippen LogP contribution in [0, 0.1) is 6.92 Å². The quantitative estimate of drug-likeness (QED) is 0.801. The number of hydrogen-bond acceptors (Lipinski definition) is 5. The van der Waals surface area contributed by atoms with Crippen molar-refractivity contribution in [1.82, 2.24) is 15.6 Å². The van der Waals surface area contributed by atoms with Crippen molar-refractivity contribution in [3.8, 4) is 10.4 Å². The van der Waals surface area contributed by atoms with Gasteiger partial charge in [0.25, 0.3) is 0 Å². The van der Waals surface area contributed by atoms with E-state index in [1.165, 1.54) is 4.88 Å². The second-order valence-corrected chi connectivity index (χ2v) is 6.82. The summed E-state index contributed by atoms with van der Waals surface area (Å²) in [5.41, 5.74) is 5.09. The predicted molar refractivity (Wildman–Crippen MR) is 91.3 cm³/mol. The van der Waals surface area contributed by atoms with Gasteiger partial charge in [-0.25, -0.2) is 4.98 Å². The van der Waals surface area contributed by atoms with Gasteiger partial charge in [0.05, 0.1) is 34.3 Å². The summed E-state index contributed by atoms with van der Waals surface area (Å²) in [7, 11) is 0. The number of carbonyl (C=O) groups is 1. The molecule has 2 heterocycles. The zero-order chi connectivity index (χ0) is 16.4. The maximum Gasteiger partial charge on any atom is 0.237 e. The molecule has 1 aliphatic rings. The molecule has 122 valence electrons. The van der Waals surface area contributed by atoms with E-state index in [1.54, 1.807) is 11.3 Å². The van der Waals surface area contributed by atoms with Crippen molar-refractivity contribution < 1.29 is 9.90 Å². The summed E-state index contributed by atoms with van der Waals surface area (Å²) in [5.74, 6) is -0.0589. The van der Waals surface area contributed by atoms with Gasteiger partial charge in [0.2, 0.25) is 5.91 Å².